The molecule has 0 radical (unpaired) electrons. The van der Waals surface area contributed by atoms with Crippen LogP contribution in [0, 0.1) is 12.7 Å². The predicted molar refractivity (Wildman–Crippen MR) is 76.3 cm³/mol. The summed E-state index contributed by atoms with van der Waals surface area (Å²) in [7, 11) is 0. The van der Waals surface area contributed by atoms with Gasteiger partial charge in [0.05, 0.1) is 11.1 Å². The summed E-state index contributed by atoms with van der Waals surface area (Å²) in [5.74, 6) is -0.534. The fraction of sp³-hybridized carbons (Fsp3) is 0.200. The molecule has 0 aliphatic heterocycles. The summed E-state index contributed by atoms with van der Waals surface area (Å²) in [5.41, 5.74) is 2.37. The van der Waals surface area contributed by atoms with E-state index in [0.29, 0.717) is 17.0 Å². The molecule has 0 aliphatic carbocycles. The van der Waals surface area contributed by atoms with Crippen LogP contribution in [0.25, 0.3) is 0 Å². The van der Waals surface area contributed by atoms with Crippen molar-refractivity contribution >= 4 is 23.2 Å². The van der Waals surface area contributed by atoms with E-state index < -0.39 is 11.9 Å². The van der Waals surface area contributed by atoms with Gasteiger partial charge in [0.25, 0.3) is 0 Å². The maximum Gasteiger partial charge on any atom is 0.142 e. The lowest BCUT2D eigenvalue weighted by Crippen LogP contribution is -2.03. The van der Waals surface area contributed by atoms with Gasteiger partial charge in [-0.15, -0.1) is 0 Å². The van der Waals surface area contributed by atoms with Crippen molar-refractivity contribution in [2.24, 2.45) is 0 Å². The van der Waals surface area contributed by atoms with Crippen molar-refractivity contribution in [3.63, 3.8) is 0 Å². The zero-order chi connectivity index (χ0) is 14.0. The maximum atomic E-state index is 13.3. The molecule has 0 spiro atoms. The SMILES string of the molecule is Cc1ccc(CC(O)c2ccc(Cl)c(F)c2)c(Cl)c1. The van der Waals surface area contributed by atoms with Gasteiger partial charge >= 0.3 is 0 Å². The fourth-order valence-electron chi connectivity index (χ4n) is 1.86. The Labute approximate surface area is 121 Å². The highest BCUT2D eigenvalue weighted by Crippen LogP contribution is 2.26. The van der Waals surface area contributed by atoms with Crippen molar-refractivity contribution in [2.75, 3.05) is 0 Å². The molecule has 0 aromatic heterocycles. The summed E-state index contributed by atoms with van der Waals surface area (Å²) in [4.78, 5) is 0. The number of hydrogen-bond donors (Lipinski definition) is 1. The topological polar surface area (TPSA) is 20.2 Å². The van der Waals surface area contributed by atoms with Crippen LogP contribution in [0.2, 0.25) is 10.0 Å². The molecule has 2 aromatic rings. The highest BCUT2D eigenvalue weighted by Gasteiger charge is 2.13. The minimum Gasteiger partial charge on any atom is -0.388 e. The molecule has 1 unspecified atom stereocenters. The third-order valence-corrected chi connectivity index (χ3v) is 3.61. The molecule has 1 atom stereocenters. The van der Waals surface area contributed by atoms with Crippen LogP contribution < -0.4 is 0 Å². The molecule has 0 saturated carbocycles. The van der Waals surface area contributed by atoms with Crippen molar-refractivity contribution < 1.29 is 9.50 Å². The van der Waals surface area contributed by atoms with E-state index >= 15 is 0 Å². The molecule has 1 nitrogen and oxygen atoms in total. The van der Waals surface area contributed by atoms with Crippen LogP contribution in [0.1, 0.15) is 22.8 Å². The standard InChI is InChI=1S/C15H13Cl2FO/c1-9-2-3-10(13(17)6-9)8-15(19)11-4-5-12(16)14(18)7-11/h2-7,15,19H,8H2,1H3. The number of aliphatic hydroxyl groups excluding tert-OH is 1. The second-order valence-corrected chi connectivity index (χ2v) is 5.30. The van der Waals surface area contributed by atoms with Gasteiger partial charge in [-0.05, 0) is 41.8 Å². The van der Waals surface area contributed by atoms with E-state index in [1.807, 2.05) is 25.1 Å². The second-order valence-electron chi connectivity index (χ2n) is 4.49. The highest BCUT2D eigenvalue weighted by atomic mass is 35.5. The lowest BCUT2D eigenvalue weighted by molar-refractivity contribution is 0.178. The zero-order valence-electron chi connectivity index (χ0n) is 10.3. The molecule has 4 heteroatoms. The van der Waals surface area contributed by atoms with Crippen LogP contribution >= 0.6 is 23.2 Å². The van der Waals surface area contributed by atoms with Gasteiger partial charge in [-0.1, -0.05) is 41.4 Å². The number of rotatable bonds is 3. The molecule has 0 amide bonds. The van der Waals surface area contributed by atoms with E-state index in [1.54, 1.807) is 6.07 Å². The van der Waals surface area contributed by atoms with Gasteiger partial charge in [-0.3, -0.25) is 0 Å². The van der Waals surface area contributed by atoms with Crippen LogP contribution in [0.5, 0.6) is 0 Å². The maximum absolute atomic E-state index is 13.3. The largest absolute Gasteiger partial charge is 0.388 e. The molecular formula is C15H13Cl2FO. The summed E-state index contributed by atoms with van der Waals surface area (Å²) in [6.07, 6.45) is -0.479. The molecule has 0 heterocycles. The van der Waals surface area contributed by atoms with Gasteiger partial charge in [0.1, 0.15) is 5.82 Å². The summed E-state index contributed by atoms with van der Waals surface area (Å²) < 4.78 is 13.3. The Morgan fingerprint density at radius 1 is 1.11 bits per heavy atom. The highest BCUT2D eigenvalue weighted by molar-refractivity contribution is 6.31. The molecule has 0 fully saturated rings. The lowest BCUT2D eigenvalue weighted by atomic mass is 10.0. The van der Waals surface area contributed by atoms with Crippen molar-refractivity contribution in [1.29, 1.82) is 0 Å². The van der Waals surface area contributed by atoms with Crippen molar-refractivity contribution in [1.82, 2.24) is 0 Å². The van der Waals surface area contributed by atoms with Crippen LogP contribution in [0.15, 0.2) is 36.4 Å². The Balaban J connectivity index is 2.20. The van der Waals surface area contributed by atoms with Crippen molar-refractivity contribution in [3.8, 4) is 0 Å². The first-order valence-corrected chi connectivity index (χ1v) is 6.61. The quantitative estimate of drug-likeness (QED) is 0.869. The Morgan fingerprint density at radius 2 is 1.84 bits per heavy atom. The summed E-state index contributed by atoms with van der Waals surface area (Å²) in [5, 5.41) is 10.8. The Hall–Kier alpha value is -1.09. The predicted octanol–water partition coefficient (Wildman–Crippen LogP) is 4.72. The van der Waals surface area contributed by atoms with Gasteiger partial charge in [-0.25, -0.2) is 4.39 Å². The number of benzene rings is 2. The number of halogens is 3. The van der Waals surface area contributed by atoms with E-state index in [-0.39, 0.29) is 5.02 Å². The summed E-state index contributed by atoms with van der Waals surface area (Å²) in [6.45, 7) is 1.95. The van der Waals surface area contributed by atoms with E-state index in [4.69, 9.17) is 23.2 Å². The molecule has 19 heavy (non-hydrogen) atoms. The Bertz CT molecular complexity index is 599. The minimum atomic E-state index is -0.813. The molecule has 0 bridgehead atoms. The van der Waals surface area contributed by atoms with E-state index in [0.717, 1.165) is 11.1 Å². The number of hydrogen-bond acceptors (Lipinski definition) is 1. The lowest BCUT2D eigenvalue weighted by Gasteiger charge is -2.13. The van der Waals surface area contributed by atoms with E-state index in [2.05, 4.69) is 0 Å². The molecule has 100 valence electrons. The van der Waals surface area contributed by atoms with Gasteiger partial charge < -0.3 is 5.11 Å². The average molecular weight is 299 g/mol. The van der Waals surface area contributed by atoms with Gasteiger partial charge in [-0.2, -0.15) is 0 Å². The average Bonchev–Trinajstić information content (AvgIpc) is 2.36. The second kappa shape index (κ2) is 5.91. The van der Waals surface area contributed by atoms with Crippen molar-refractivity contribution in [3.05, 3.63) is 69.0 Å². The van der Waals surface area contributed by atoms with E-state index in [1.165, 1.54) is 12.1 Å². The molecule has 0 aliphatic rings. The molecule has 1 N–H and O–H groups in total. The zero-order valence-corrected chi connectivity index (χ0v) is 11.8. The third-order valence-electron chi connectivity index (χ3n) is 2.95. The first-order valence-electron chi connectivity index (χ1n) is 5.85. The van der Waals surface area contributed by atoms with Crippen molar-refractivity contribution in [2.45, 2.75) is 19.4 Å². The number of aryl methyl sites for hydroxylation is 1. The monoisotopic (exact) mass is 298 g/mol. The van der Waals surface area contributed by atoms with Gasteiger partial charge in [0.15, 0.2) is 0 Å². The Morgan fingerprint density at radius 3 is 2.47 bits per heavy atom. The molecule has 0 saturated heterocycles. The Kier molecular flexibility index (Phi) is 4.46. The van der Waals surface area contributed by atoms with E-state index in [9.17, 15) is 9.50 Å². The first-order chi connectivity index (χ1) is 8.97. The van der Waals surface area contributed by atoms with Crippen LogP contribution in [-0.4, -0.2) is 5.11 Å². The third kappa shape index (κ3) is 3.47. The van der Waals surface area contributed by atoms with Crippen LogP contribution in [-0.2, 0) is 6.42 Å². The molecular weight excluding hydrogens is 286 g/mol. The summed E-state index contributed by atoms with van der Waals surface area (Å²) in [6, 6.07) is 9.93. The van der Waals surface area contributed by atoms with Crippen LogP contribution in [0.4, 0.5) is 4.39 Å². The fourth-order valence-corrected chi connectivity index (χ4v) is 2.29. The minimum absolute atomic E-state index is 0.0457. The van der Waals surface area contributed by atoms with Gasteiger partial charge in [0, 0.05) is 11.4 Å². The molecule has 2 rings (SSSR count). The van der Waals surface area contributed by atoms with Crippen LogP contribution in [0.3, 0.4) is 0 Å². The first kappa shape index (κ1) is 14.3. The molecule has 2 aromatic carbocycles. The van der Waals surface area contributed by atoms with Gasteiger partial charge in [0.2, 0.25) is 0 Å². The summed E-state index contributed by atoms with van der Waals surface area (Å²) >= 11 is 11.7. The normalized spacial score (nSPS) is 12.5. The smallest absolute Gasteiger partial charge is 0.142 e. The number of aliphatic hydroxyl groups is 1.